The van der Waals surface area contributed by atoms with Gasteiger partial charge in [-0.2, -0.15) is 0 Å². The molecule has 0 spiro atoms. The van der Waals surface area contributed by atoms with Gasteiger partial charge in [0.25, 0.3) is 0 Å². The maximum atomic E-state index is 12.1. The van der Waals surface area contributed by atoms with Crippen LogP contribution in [0.3, 0.4) is 0 Å². The lowest BCUT2D eigenvalue weighted by molar-refractivity contribution is -0.119. The van der Waals surface area contributed by atoms with E-state index in [-0.39, 0.29) is 12.5 Å². The topological polar surface area (TPSA) is 50.8 Å². The second kappa shape index (κ2) is 8.94. The lowest BCUT2D eigenvalue weighted by Gasteiger charge is -2.25. The molecule has 0 atom stereocenters. The van der Waals surface area contributed by atoms with Gasteiger partial charge in [0.1, 0.15) is 13.2 Å². The van der Waals surface area contributed by atoms with Crippen LogP contribution in [0.15, 0.2) is 54.6 Å². The van der Waals surface area contributed by atoms with Gasteiger partial charge in [-0.3, -0.25) is 4.79 Å². The molecule has 3 rings (SSSR count). The molecule has 0 aliphatic carbocycles. The molecule has 26 heavy (non-hydrogen) atoms. The molecule has 0 radical (unpaired) electrons. The van der Waals surface area contributed by atoms with Gasteiger partial charge >= 0.3 is 0 Å². The molecule has 0 unspecified atom stereocenters. The van der Waals surface area contributed by atoms with E-state index in [1.807, 2.05) is 48.2 Å². The monoisotopic (exact) mass is 352 g/mol. The van der Waals surface area contributed by atoms with Gasteiger partial charge in [0.2, 0.25) is 5.91 Å². The molecule has 0 bridgehead atoms. The predicted octanol–water partition coefficient (Wildman–Crippen LogP) is 3.11. The Bertz CT molecular complexity index is 759. The summed E-state index contributed by atoms with van der Waals surface area (Å²) < 4.78 is 11.3. The first kappa shape index (κ1) is 17.9. The summed E-state index contributed by atoms with van der Waals surface area (Å²) >= 11 is 0. The Balaban J connectivity index is 1.76. The molecule has 2 aromatic rings. The maximum Gasteiger partial charge on any atom is 0.239 e. The molecule has 1 heterocycles. The fourth-order valence-electron chi connectivity index (χ4n) is 2.80. The number of fused-ring (bicyclic) bond motifs is 1. The number of carbonyl (C=O) groups excluding carboxylic acids is 1. The molecule has 0 saturated heterocycles. The zero-order valence-electron chi connectivity index (χ0n) is 15.0. The maximum absolute atomic E-state index is 12.1. The van der Waals surface area contributed by atoms with E-state index >= 15 is 0 Å². The Kier molecular flexibility index (Phi) is 6.14. The second-order valence-corrected chi connectivity index (χ2v) is 5.98. The highest BCUT2D eigenvalue weighted by Crippen LogP contribution is 2.34. The smallest absolute Gasteiger partial charge is 0.239 e. The number of rotatable bonds is 7. The summed E-state index contributed by atoms with van der Waals surface area (Å²) in [5.74, 6) is 1.47. The van der Waals surface area contributed by atoms with E-state index in [0.29, 0.717) is 26.3 Å². The van der Waals surface area contributed by atoms with Gasteiger partial charge in [-0.1, -0.05) is 42.5 Å². The van der Waals surface area contributed by atoms with Crippen molar-refractivity contribution in [3.05, 3.63) is 60.2 Å². The van der Waals surface area contributed by atoms with Crippen LogP contribution >= 0.6 is 0 Å². The molecule has 5 nitrogen and oxygen atoms in total. The van der Waals surface area contributed by atoms with Crippen molar-refractivity contribution in [2.24, 2.45) is 0 Å². The Morgan fingerprint density at radius 3 is 2.65 bits per heavy atom. The van der Waals surface area contributed by atoms with Crippen molar-refractivity contribution < 1.29 is 14.3 Å². The van der Waals surface area contributed by atoms with Crippen LogP contribution in [0.1, 0.15) is 12.5 Å². The first-order valence-corrected chi connectivity index (χ1v) is 8.89. The highest BCUT2D eigenvalue weighted by Gasteiger charge is 2.16. The number of hydrogen-bond acceptors (Lipinski definition) is 4. The highest BCUT2D eigenvalue weighted by atomic mass is 16.6. The van der Waals surface area contributed by atoms with Crippen LogP contribution in [0.25, 0.3) is 6.08 Å². The summed E-state index contributed by atoms with van der Waals surface area (Å²) in [5, 5.41) is 2.86. The van der Waals surface area contributed by atoms with Crippen LogP contribution in [0.5, 0.6) is 11.5 Å². The SMILES string of the molecule is CCNC(=O)CN(C/C=C/c1ccccc1)c1ccc2c(c1)OCCO2. The van der Waals surface area contributed by atoms with Crippen molar-refractivity contribution in [1.29, 1.82) is 0 Å². The third-order valence-corrected chi connectivity index (χ3v) is 4.03. The minimum Gasteiger partial charge on any atom is -0.486 e. The van der Waals surface area contributed by atoms with Gasteiger partial charge in [-0.05, 0) is 24.6 Å². The van der Waals surface area contributed by atoms with Crippen molar-refractivity contribution in [2.75, 3.05) is 37.7 Å². The van der Waals surface area contributed by atoms with Crippen LogP contribution in [-0.4, -0.2) is 38.8 Å². The normalized spacial score (nSPS) is 12.8. The number of amides is 1. The van der Waals surface area contributed by atoms with E-state index in [2.05, 4.69) is 29.6 Å². The average molecular weight is 352 g/mol. The molecule has 1 aliphatic heterocycles. The quantitative estimate of drug-likeness (QED) is 0.832. The minimum absolute atomic E-state index is 0.00417. The molecule has 1 aliphatic rings. The molecule has 1 N–H and O–H groups in total. The number of hydrogen-bond donors (Lipinski definition) is 1. The van der Waals surface area contributed by atoms with Gasteiger partial charge in [0.05, 0.1) is 6.54 Å². The fraction of sp³-hybridized carbons (Fsp3) is 0.286. The van der Waals surface area contributed by atoms with E-state index in [0.717, 1.165) is 22.7 Å². The number of likely N-dealkylation sites (N-methyl/N-ethyl adjacent to an activating group) is 1. The van der Waals surface area contributed by atoms with Crippen LogP contribution in [-0.2, 0) is 4.79 Å². The summed E-state index contributed by atoms with van der Waals surface area (Å²) in [5.41, 5.74) is 2.06. The van der Waals surface area contributed by atoms with Gasteiger partial charge < -0.3 is 19.7 Å². The first-order valence-electron chi connectivity index (χ1n) is 8.89. The summed E-state index contributed by atoms with van der Waals surface area (Å²) in [6.45, 7) is 4.54. The highest BCUT2D eigenvalue weighted by molar-refractivity contribution is 5.81. The Morgan fingerprint density at radius 2 is 1.88 bits per heavy atom. The van der Waals surface area contributed by atoms with E-state index in [1.165, 1.54) is 0 Å². The third-order valence-electron chi connectivity index (χ3n) is 4.03. The molecule has 136 valence electrons. The van der Waals surface area contributed by atoms with E-state index < -0.39 is 0 Å². The summed E-state index contributed by atoms with van der Waals surface area (Å²) in [4.78, 5) is 14.1. The van der Waals surface area contributed by atoms with Crippen molar-refractivity contribution in [1.82, 2.24) is 5.32 Å². The minimum atomic E-state index is -0.00417. The largest absolute Gasteiger partial charge is 0.486 e. The van der Waals surface area contributed by atoms with Crippen LogP contribution in [0.2, 0.25) is 0 Å². The molecule has 5 heteroatoms. The van der Waals surface area contributed by atoms with Crippen molar-refractivity contribution in [3.63, 3.8) is 0 Å². The molecular weight excluding hydrogens is 328 g/mol. The van der Waals surface area contributed by atoms with Gasteiger partial charge in [-0.15, -0.1) is 0 Å². The van der Waals surface area contributed by atoms with Crippen LogP contribution in [0, 0.1) is 0 Å². The second-order valence-electron chi connectivity index (χ2n) is 5.98. The first-order chi connectivity index (χ1) is 12.8. The number of benzene rings is 2. The van der Waals surface area contributed by atoms with Crippen molar-refractivity contribution in [2.45, 2.75) is 6.92 Å². The van der Waals surface area contributed by atoms with Gasteiger partial charge in [0, 0.05) is 24.8 Å². The van der Waals surface area contributed by atoms with Crippen molar-refractivity contribution in [3.8, 4) is 11.5 Å². The van der Waals surface area contributed by atoms with E-state index in [1.54, 1.807) is 0 Å². The number of carbonyl (C=O) groups is 1. The van der Waals surface area contributed by atoms with Gasteiger partial charge in [0.15, 0.2) is 11.5 Å². The fourth-order valence-corrected chi connectivity index (χ4v) is 2.80. The Hall–Kier alpha value is -2.95. The van der Waals surface area contributed by atoms with Crippen LogP contribution in [0.4, 0.5) is 5.69 Å². The average Bonchev–Trinajstić information content (AvgIpc) is 2.68. The molecule has 2 aromatic carbocycles. The lowest BCUT2D eigenvalue weighted by Crippen LogP contribution is -2.37. The zero-order valence-corrected chi connectivity index (χ0v) is 15.0. The van der Waals surface area contributed by atoms with E-state index in [4.69, 9.17) is 9.47 Å². The Morgan fingerprint density at radius 1 is 1.12 bits per heavy atom. The van der Waals surface area contributed by atoms with E-state index in [9.17, 15) is 4.79 Å². The molecule has 0 saturated carbocycles. The number of nitrogens with one attached hydrogen (secondary N) is 1. The molecule has 0 aromatic heterocycles. The third kappa shape index (κ3) is 4.79. The molecule has 0 fully saturated rings. The molecule has 1 amide bonds. The summed E-state index contributed by atoms with van der Waals surface area (Å²) in [6.07, 6.45) is 4.12. The van der Waals surface area contributed by atoms with Gasteiger partial charge in [-0.25, -0.2) is 0 Å². The summed E-state index contributed by atoms with van der Waals surface area (Å²) in [6, 6.07) is 15.9. The number of nitrogens with zero attached hydrogens (tertiary/aromatic N) is 1. The Labute approximate surface area is 154 Å². The summed E-state index contributed by atoms with van der Waals surface area (Å²) in [7, 11) is 0. The molecular formula is C21H24N2O3. The van der Waals surface area contributed by atoms with Crippen LogP contribution < -0.4 is 19.7 Å². The number of anilines is 1. The number of ether oxygens (including phenoxy) is 2. The van der Waals surface area contributed by atoms with Crippen molar-refractivity contribution >= 4 is 17.7 Å². The predicted molar refractivity (Wildman–Crippen MR) is 104 cm³/mol. The lowest BCUT2D eigenvalue weighted by atomic mass is 10.2. The zero-order chi connectivity index (χ0) is 18.2. The standard InChI is InChI=1S/C21H24N2O3/c1-2-22-21(24)16-23(12-6-9-17-7-4-3-5-8-17)18-10-11-19-20(15-18)26-14-13-25-19/h3-11,15H,2,12-14,16H2,1H3,(H,22,24)/b9-6+.